The number of hydrogen-bond donors (Lipinski definition) is 1. The molecule has 160 valence electrons. The van der Waals surface area contributed by atoms with Crippen molar-refractivity contribution < 1.29 is 27.2 Å². The van der Waals surface area contributed by atoms with Crippen molar-refractivity contribution >= 4 is 30.7 Å². The molecule has 0 saturated carbocycles. The van der Waals surface area contributed by atoms with E-state index < -0.39 is 49.0 Å². The average molecular weight is 440 g/mol. The zero-order valence-corrected chi connectivity index (χ0v) is 17.6. The first kappa shape index (κ1) is 22.2. The molecule has 9 heteroatoms. The Morgan fingerprint density at radius 3 is 2.40 bits per heavy atom. The molecule has 30 heavy (non-hydrogen) atoms. The minimum absolute atomic E-state index is 0.0170. The molecule has 3 rings (SSSR count). The summed E-state index contributed by atoms with van der Waals surface area (Å²) in [7, 11) is -0.730. The predicted molar refractivity (Wildman–Crippen MR) is 110 cm³/mol. The van der Waals surface area contributed by atoms with Crippen molar-refractivity contribution in [2.75, 3.05) is 24.8 Å². The fourth-order valence-corrected chi connectivity index (χ4v) is 4.73. The van der Waals surface area contributed by atoms with Crippen molar-refractivity contribution in [3.63, 3.8) is 0 Å². The Kier molecular flexibility index (Phi) is 6.18. The summed E-state index contributed by atoms with van der Waals surface area (Å²) in [5.74, 6) is -2.55. The summed E-state index contributed by atoms with van der Waals surface area (Å²) in [6, 6.07) is 8.21. The molecular weight excluding hydrogens is 419 g/mol. The molecule has 0 unspecified atom stereocenters. The van der Waals surface area contributed by atoms with Crippen molar-refractivity contribution in [3.8, 4) is 11.1 Å². The Bertz CT molecular complexity index is 991. The topological polar surface area (TPSA) is 49.4 Å². The smallest absolute Gasteiger partial charge is 0.344 e. The van der Waals surface area contributed by atoms with Crippen LogP contribution in [0.3, 0.4) is 0 Å². The van der Waals surface area contributed by atoms with Crippen LogP contribution in [0.4, 0.5) is 23.2 Å². The molecule has 0 bridgehead atoms. The summed E-state index contributed by atoms with van der Waals surface area (Å²) >= 11 is 0. The van der Waals surface area contributed by atoms with Gasteiger partial charge in [-0.05, 0) is 42.2 Å². The van der Waals surface area contributed by atoms with E-state index in [4.69, 9.17) is 0 Å². The zero-order valence-electron chi connectivity index (χ0n) is 16.7. The van der Waals surface area contributed by atoms with Gasteiger partial charge in [0.25, 0.3) is 0 Å². The van der Waals surface area contributed by atoms with E-state index >= 15 is 4.39 Å². The van der Waals surface area contributed by atoms with Crippen LogP contribution in [0.15, 0.2) is 36.4 Å². The lowest BCUT2D eigenvalue weighted by Gasteiger charge is -2.23. The molecule has 1 N–H and O–H groups in total. The SMILES string of the molecule is CC(=O)N[C@@H]1CCN(c2ccc(-c3ccccc3P(C)C)c(C(F)(F)F)c2F)C1=O. The van der Waals surface area contributed by atoms with E-state index in [-0.39, 0.29) is 18.5 Å². The molecule has 2 aromatic carbocycles. The van der Waals surface area contributed by atoms with E-state index in [1.54, 1.807) is 24.3 Å². The number of carbonyl (C=O) groups is 2. The van der Waals surface area contributed by atoms with Crippen LogP contribution in [-0.4, -0.2) is 37.7 Å². The van der Waals surface area contributed by atoms with Crippen LogP contribution in [0.5, 0.6) is 0 Å². The number of benzene rings is 2. The summed E-state index contributed by atoms with van der Waals surface area (Å²) in [6.45, 7) is 5.08. The molecule has 1 aliphatic rings. The maximum atomic E-state index is 15.3. The van der Waals surface area contributed by atoms with Crippen molar-refractivity contribution in [2.24, 2.45) is 0 Å². The number of halogens is 4. The summed E-state index contributed by atoms with van der Waals surface area (Å²) in [4.78, 5) is 24.7. The molecular formula is C21H21F4N2O2P. The highest BCUT2D eigenvalue weighted by Crippen LogP contribution is 2.43. The fourth-order valence-electron chi connectivity index (χ4n) is 3.66. The Labute approximate surface area is 173 Å². The number of hydrogen-bond acceptors (Lipinski definition) is 2. The van der Waals surface area contributed by atoms with Gasteiger partial charge in [0.15, 0.2) is 5.82 Å². The quantitative estimate of drug-likeness (QED) is 0.575. The lowest BCUT2D eigenvalue weighted by molar-refractivity contribution is -0.139. The zero-order chi connectivity index (χ0) is 22.2. The van der Waals surface area contributed by atoms with E-state index in [1.165, 1.54) is 19.1 Å². The monoisotopic (exact) mass is 440 g/mol. The van der Waals surface area contributed by atoms with Gasteiger partial charge >= 0.3 is 6.18 Å². The highest BCUT2D eigenvalue weighted by Gasteiger charge is 2.41. The number of carbonyl (C=O) groups excluding carboxylic acids is 2. The van der Waals surface area contributed by atoms with Crippen LogP contribution < -0.4 is 15.5 Å². The number of alkyl halides is 3. The van der Waals surface area contributed by atoms with Gasteiger partial charge in [-0.2, -0.15) is 13.2 Å². The molecule has 2 amide bonds. The second kappa shape index (κ2) is 8.34. The summed E-state index contributed by atoms with van der Waals surface area (Å²) in [5.41, 5.74) is -1.74. The van der Waals surface area contributed by atoms with Crippen molar-refractivity contribution in [1.29, 1.82) is 0 Å². The third kappa shape index (κ3) is 4.19. The van der Waals surface area contributed by atoms with Crippen LogP contribution in [0.1, 0.15) is 18.9 Å². The van der Waals surface area contributed by atoms with Crippen LogP contribution in [0.25, 0.3) is 11.1 Å². The molecule has 1 atom stereocenters. The Morgan fingerprint density at radius 1 is 1.13 bits per heavy atom. The number of nitrogens with one attached hydrogen (secondary N) is 1. The molecule has 0 radical (unpaired) electrons. The van der Waals surface area contributed by atoms with Crippen LogP contribution in [-0.2, 0) is 15.8 Å². The first-order valence-electron chi connectivity index (χ1n) is 9.27. The summed E-state index contributed by atoms with van der Waals surface area (Å²) in [5, 5.41) is 3.17. The van der Waals surface area contributed by atoms with Gasteiger partial charge in [0.05, 0.1) is 5.69 Å². The molecule has 1 heterocycles. The van der Waals surface area contributed by atoms with Crippen molar-refractivity contribution in [1.82, 2.24) is 5.32 Å². The van der Waals surface area contributed by atoms with E-state index in [9.17, 15) is 22.8 Å². The second-order valence-corrected chi connectivity index (χ2v) is 9.53. The third-order valence-electron chi connectivity index (χ3n) is 4.95. The molecule has 4 nitrogen and oxygen atoms in total. The minimum Gasteiger partial charge on any atom is -0.344 e. The van der Waals surface area contributed by atoms with Gasteiger partial charge in [-0.1, -0.05) is 38.3 Å². The summed E-state index contributed by atoms with van der Waals surface area (Å²) < 4.78 is 57.1. The van der Waals surface area contributed by atoms with Crippen LogP contribution in [0, 0.1) is 5.82 Å². The lowest BCUT2D eigenvalue weighted by Crippen LogP contribution is -2.40. The van der Waals surface area contributed by atoms with Gasteiger partial charge in [-0.25, -0.2) is 4.39 Å². The molecule has 1 fully saturated rings. The van der Waals surface area contributed by atoms with Gasteiger partial charge < -0.3 is 10.2 Å². The van der Waals surface area contributed by atoms with Crippen LogP contribution in [0.2, 0.25) is 0 Å². The Balaban J connectivity index is 2.14. The largest absolute Gasteiger partial charge is 0.419 e. The number of anilines is 1. The first-order chi connectivity index (χ1) is 14.0. The van der Waals surface area contributed by atoms with Crippen molar-refractivity contribution in [3.05, 3.63) is 47.8 Å². The van der Waals surface area contributed by atoms with E-state index in [2.05, 4.69) is 5.32 Å². The molecule has 2 aromatic rings. The van der Waals surface area contributed by atoms with Crippen LogP contribution >= 0.6 is 7.92 Å². The van der Waals surface area contributed by atoms with E-state index in [0.29, 0.717) is 5.56 Å². The predicted octanol–water partition coefficient (Wildman–Crippen LogP) is 4.12. The second-order valence-electron chi connectivity index (χ2n) is 7.26. The third-order valence-corrected chi connectivity index (χ3v) is 6.31. The highest BCUT2D eigenvalue weighted by atomic mass is 31.1. The van der Waals surface area contributed by atoms with Gasteiger partial charge in [0.1, 0.15) is 11.6 Å². The van der Waals surface area contributed by atoms with Gasteiger partial charge in [-0.15, -0.1) is 0 Å². The van der Waals surface area contributed by atoms with E-state index in [0.717, 1.165) is 10.2 Å². The lowest BCUT2D eigenvalue weighted by atomic mass is 9.97. The minimum atomic E-state index is -4.95. The molecule has 1 saturated heterocycles. The average Bonchev–Trinajstić information content (AvgIpc) is 3.00. The van der Waals surface area contributed by atoms with Gasteiger partial charge in [0.2, 0.25) is 11.8 Å². The molecule has 0 aliphatic carbocycles. The number of nitrogens with zero attached hydrogens (tertiary/aromatic N) is 1. The standard InChI is InChI=1S/C21H21F4N2O2P/c1-12(28)26-15-10-11-27(20(15)29)16-9-8-14(18(19(16)22)21(23,24)25)13-6-4-5-7-17(13)30(2)3/h4-9,15H,10-11H2,1-3H3,(H,26,28)/t15-/m1/s1. The Hall–Kier alpha value is -2.47. The first-order valence-corrected chi connectivity index (χ1v) is 11.5. The normalized spacial score (nSPS) is 17.0. The van der Waals surface area contributed by atoms with Crippen molar-refractivity contribution in [2.45, 2.75) is 25.6 Å². The molecule has 0 spiro atoms. The van der Waals surface area contributed by atoms with Gasteiger partial charge in [-0.3, -0.25) is 9.59 Å². The maximum absolute atomic E-state index is 15.3. The number of rotatable bonds is 4. The van der Waals surface area contributed by atoms with E-state index in [1.807, 2.05) is 13.3 Å². The van der Waals surface area contributed by atoms with Gasteiger partial charge in [0, 0.05) is 13.5 Å². The number of amides is 2. The molecule has 1 aliphatic heterocycles. The fraction of sp³-hybridized carbons (Fsp3) is 0.333. The maximum Gasteiger partial charge on any atom is 0.419 e. The summed E-state index contributed by atoms with van der Waals surface area (Å²) in [6.07, 6.45) is -4.76. The highest BCUT2D eigenvalue weighted by molar-refractivity contribution is 7.64. The Morgan fingerprint density at radius 2 is 1.80 bits per heavy atom. The molecule has 0 aromatic heterocycles.